The molecule has 0 atom stereocenters. The fraction of sp³-hybridized carbons (Fsp3) is 0.364. The molecule has 0 amide bonds. The Morgan fingerprint density at radius 1 is 1.37 bits per heavy atom. The minimum absolute atomic E-state index is 0.299. The Morgan fingerprint density at radius 3 is 2.74 bits per heavy atom. The number of anilines is 1. The lowest BCUT2D eigenvalue weighted by Crippen LogP contribution is -2.59. The van der Waals surface area contributed by atoms with E-state index in [4.69, 9.17) is 0 Å². The van der Waals surface area contributed by atoms with E-state index in [0.29, 0.717) is 23.8 Å². The molecule has 1 N–H and O–H groups in total. The van der Waals surface area contributed by atoms with Crippen molar-refractivity contribution in [3.8, 4) is 0 Å². The molecule has 0 unspecified atom stereocenters. The summed E-state index contributed by atoms with van der Waals surface area (Å²) in [5.74, 6) is 0. The number of rotatable bonds is 3. The van der Waals surface area contributed by atoms with Crippen molar-refractivity contribution in [1.29, 1.82) is 0 Å². The van der Waals surface area contributed by atoms with Gasteiger partial charge in [-0.05, 0) is 6.07 Å². The van der Waals surface area contributed by atoms with Crippen molar-refractivity contribution in [3.05, 3.63) is 35.1 Å². The van der Waals surface area contributed by atoms with Gasteiger partial charge in [-0.1, -0.05) is 17.4 Å². The summed E-state index contributed by atoms with van der Waals surface area (Å²) in [6.45, 7) is 0.604. The van der Waals surface area contributed by atoms with Crippen molar-refractivity contribution >= 4 is 16.5 Å². The molecule has 0 saturated carbocycles. The van der Waals surface area contributed by atoms with Crippen molar-refractivity contribution in [3.63, 3.8) is 0 Å². The Labute approximate surface area is 111 Å². The van der Waals surface area contributed by atoms with Gasteiger partial charge in [0.15, 0.2) is 5.01 Å². The molecule has 1 saturated heterocycles. The highest BCUT2D eigenvalue weighted by molar-refractivity contribution is 7.15. The molecule has 3 heterocycles. The summed E-state index contributed by atoms with van der Waals surface area (Å²) in [5, 5.41) is 17.6. The number of hydrogen-bond acceptors (Lipinski definition) is 6. The van der Waals surface area contributed by atoms with E-state index >= 15 is 0 Å². The van der Waals surface area contributed by atoms with E-state index in [2.05, 4.69) is 15.2 Å². The van der Waals surface area contributed by atoms with Gasteiger partial charge in [-0.2, -0.15) is 0 Å². The quantitative estimate of drug-likeness (QED) is 0.927. The van der Waals surface area contributed by atoms with Gasteiger partial charge in [-0.25, -0.2) is 8.78 Å². The molecule has 19 heavy (non-hydrogen) atoms. The van der Waals surface area contributed by atoms with E-state index < -0.39 is 12.0 Å². The van der Waals surface area contributed by atoms with Crippen LogP contribution in [0.3, 0.4) is 0 Å². The van der Waals surface area contributed by atoms with Crippen LogP contribution in [0.2, 0.25) is 0 Å². The lowest BCUT2D eigenvalue weighted by atomic mass is 9.88. The first-order valence-electron chi connectivity index (χ1n) is 5.58. The first kappa shape index (κ1) is 12.4. The molecule has 1 fully saturated rings. The zero-order valence-electron chi connectivity index (χ0n) is 9.70. The lowest BCUT2D eigenvalue weighted by molar-refractivity contribution is 0.00714. The number of nitrogens with zero attached hydrogens (tertiary/aromatic N) is 4. The molecule has 2 aromatic rings. The second-order valence-corrected chi connectivity index (χ2v) is 5.34. The predicted octanol–water partition coefficient (Wildman–Crippen LogP) is 1.58. The summed E-state index contributed by atoms with van der Waals surface area (Å²) in [6.07, 6.45) is 0.620. The molecule has 5 nitrogen and oxygen atoms in total. The number of alkyl halides is 2. The maximum absolute atomic E-state index is 12.4. The summed E-state index contributed by atoms with van der Waals surface area (Å²) < 4.78 is 24.8. The molecule has 0 bridgehead atoms. The highest BCUT2D eigenvalue weighted by Crippen LogP contribution is 2.37. The van der Waals surface area contributed by atoms with Gasteiger partial charge in [-0.3, -0.25) is 4.98 Å². The number of pyridine rings is 1. The monoisotopic (exact) mass is 284 g/mol. The highest BCUT2D eigenvalue weighted by Gasteiger charge is 2.44. The van der Waals surface area contributed by atoms with Crippen molar-refractivity contribution < 1.29 is 13.9 Å². The van der Waals surface area contributed by atoms with Crippen LogP contribution in [-0.4, -0.2) is 33.4 Å². The highest BCUT2D eigenvalue weighted by atomic mass is 32.1. The maximum atomic E-state index is 12.4. The number of β-amino-alcohol motifs (C(OH)–C–C–N with tert-alkyl or cyclic N) is 1. The first-order valence-corrected chi connectivity index (χ1v) is 6.39. The maximum Gasteiger partial charge on any atom is 0.291 e. The van der Waals surface area contributed by atoms with Gasteiger partial charge >= 0.3 is 0 Å². The molecular formula is C11H10F2N4OS. The second-order valence-electron chi connectivity index (χ2n) is 4.35. The Bertz CT molecular complexity index is 571. The normalized spacial score (nSPS) is 17.6. The molecule has 1 aliphatic heterocycles. The Hall–Kier alpha value is -1.67. The number of aliphatic hydroxyl groups is 1. The van der Waals surface area contributed by atoms with E-state index in [9.17, 15) is 13.9 Å². The van der Waals surface area contributed by atoms with E-state index in [-0.39, 0.29) is 5.01 Å². The third-order valence-corrected chi connectivity index (χ3v) is 3.98. The van der Waals surface area contributed by atoms with Crippen molar-refractivity contribution in [2.75, 3.05) is 18.0 Å². The largest absolute Gasteiger partial charge is 0.381 e. The van der Waals surface area contributed by atoms with E-state index in [1.54, 1.807) is 29.4 Å². The van der Waals surface area contributed by atoms with Crippen molar-refractivity contribution in [2.45, 2.75) is 12.0 Å². The predicted molar refractivity (Wildman–Crippen MR) is 65.2 cm³/mol. The van der Waals surface area contributed by atoms with E-state index in [1.165, 1.54) is 0 Å². The Kier molecular flexibility index (Phi) is 2.90. The summed E-state index contributed by atoms with van der Waals surface area (Å²) in [4.78, 5) is 5.67. The van der Waals surface area contributed by atoms with Crippen LogP contribution < -0.4 is 4.90 Å². The van der Waals surface area contributed by atoms with Gasteiger partial charge < -0.3 is 10.0 Å². The zero-order chi connectivity index (χ0) is 13.5. The molecule has 0 aromatic carbocycles. The third-order valence-electron chi connectivity index (χ3n) is 2.99. The van der Waals surface area contributed by atoms with Crippen LogP contribution in [0.25, 0.3) is 0 Å². The van der Waals surface area contributed by atoms with Gasteiger partial charge in [-0.15, -0.1) is 10.2 Å². The molecule has 2 aromatic heterocycles. The van der Waals surface area contributed by atoms with Gasteiger partial charge in [0.1, 0.15) is 5.60 Å². The summed E-state index contributed by atoms with van der Waals surface area (Å²) in [5.41, 5.74) is -0.282. The van der Waals surface area contributed by atoms with Crippen LogP contribution in [0, 0.1) is 0 Å². The molecule has 0 spiro atoms. The van der Waals surface area contributed by atoms with Gasteiger partial charge in [0.2, 0.25) is 5.13 Å². The van der Waals surface area contributed by atoms with Gasteiger partial charge in [0.25, 0.3) is 6.43 Å². The average molecular weight is 284 g/mol. The molecular weight excluding hydrogens is 274 g/mol. The molecule has 0 radical (unpaired) electrons. The molecule has 1 aliphatic rings. The van der Waals surface area contributed by atoms with E-state index in [0.717, 1.165) is 11.3 Å². The SMILES string of the molecule is OC1(c2cccnc2)CN(c2nnc(C(F)F)s2)C1. The van der Waals surface area contributed by atoms with Crippen LogP contribution in [0.15, 0.2) is 24.5 Å². The summed E-state index contributed by atoms with van der Waals surface area (Å²) in [6, 6.07) is 3.53. The molecule has 8 heteroatoms. The van der Waals surface area contributed by atoms with Crippen LogP contribution in [0.1, 0.15) is 17.0 Å². The minimum Gasteiger partial charge on any atom is -0.381 e. The van der Waals surface area contributed by atoms with E-state index in [1.807, 2.05) is 0 Å². The molecule has 0 aliphatic carbocycles. The number of hydrogen-bond donors (Lipinski definition) is 1. The Morgan fingerprint density at radius 2 is 2.16 bits per heavy atom. The lowest BCUT2D eigenvalue weighted by Gasteiger charge is -2.46. The van der Waals surface area contributed by atoms with Crippen LogP contribution in [0.5, 0.6) is 0 Å². The van der Waals surface area contributed by atoms with Crippen LogP contribution >= 0.6 is 11.3 Å². The fourth-order valence-electron chi connectivity index (χ4n) is 1.98. The summed E-state index contributed by atoms with van der Waals surface area (Å²) >= 11 is 0.848. The summed E-state index contributed by atoms with van der Waals surface area (Å²) in [7, 11) is 0. The first-order chi connectivity index (χ1) is 9.08. The number of halogens is 2. The van der Waals surface area contributed by atoms with Crippen LogP contribution in [0.4, 0.5) is 13.9 Å². The van der Waals surface area contributed by atoms with Crippen molar-refractivity contribution in [1.82, 2.24) is 15.2 Å². The van der Waals surface area contributed by atoms with Gasteiger partial charge in [0, 0.05) is 18.0 Å². The number of aromatic nitrogens is 3. The zero-order valence-corrected chi connectivity index (χ0v) is 10.5. The average Bonchev–Trinajstić information content (AvgIpc) is 2.85. The smallest absolute Gasteiger partial charge is 0.291 e. The third kappa shape index (κ3) is 2.17. The Balaban J connectivity index is 1.72. The van der Waals surface area contributed by atoms with Crippen LogP contribution in [-0.2, 0) is 5.60 Å². The molecule has 100 valence electrons. The molecule has 3 rings (SSSR count). The standard InChI is InChI=1S/C11H10F2N4OS/c12-8(13)9-15-16-10(19-9)17-5-11(18,6-17)7-2-1-3-14-4-7/h1-4,8,18H,5-6H2. The second kappa shape index (κ2) is 4.46. The topological polar surface area (TPSA) is 62.1 Å². The minimum atomic E-state index is -2.61. The van der Waals surface area contributed by atoms with Crippen molar-refractivity contribution in [2.24, 2.45) is 0 Å². The fourth-order valence-corrected chi connectivity index (χ4v) is 2.68. The van der Waals surface area contributed by atoms with Gasteiger partial charge in [0.05, 0.1) is 13.1 Å².